The van der Waals surface area contributed by atoms with Crippen LogP contribution in [0.3, 0.4) is 0 Å². The van der Waals surface area contributed by atoms with E-state index in [1.54, 1.807) is 32.9 Å². The molecule has 0 aromatic heterocycles. The predicted molar refractivity (Wildman–Crippen MR) is 57.9 cm³/mol. The number of carboxylic acid groups (broad SMARTS) is 1. The Morgan fingerprint density at radius 1 is 1.25 bits per heavy atom. The first-order chi connectivity index (χ1) is 6.73. The molecule has 0 atom stereocenters. The van der Waals surface area contributed by atoms with E-state index in [2.05, 4.69) is 6.92 Å². The van der Waals surface area contributed by atoms with Gasteiger partial charge in [0.1, 0.15) is 0 Å². The second-order valence-corrected chi connectivity index (χ2v) is 4.18. The van der Waals surface area contributed by atoms with Crippen LogP contribution < -0.4 is 0 Å². The van der Waals surface area contributed by atoms with Gasteiger partial charge in [-0.05, 0) is 20.8 Å². The van der Waals surface area contributed by atoms with Gasteiger partial charge in [0, 0.05) is 19.5 Å². The van der Waals surface area contributed by atoms with Gasteiger partial charge in [-0.2, -0.15) is 24.6 Å². The van der Waals surface area contributed by atoms with Gasteiger partial charge in [-0.1, -0.05) is 12.1 Å². The molecule has 0 saturated heterocycles. The third kappa shape index (κ3) is 8.42. The van der Waals surface area contributed by atoms with Gasteiger partial charge in [-0.3, -0.25) is 4.79 Å². The van der Waals surface area contributed by atoms with Crippen LogP contribution >= 0.6 is 0 Å². The summed E-state index contributed by atoms with van der Waals surface area (Å²) in [6.45, 7) is 8.58. The summed E-state index contributed by atoms with van der Waals surface area (Å²) in [6, 6.07) is 6.05. The molecule has 1 aromatic carbocycles. The fraction of sp³-hybridized carbons (Fsp3) is 0.333. The zero-order valence-corrected chi connectivity index (χ0v) is 12.9. The first-order valence-electron chi connectivity index (χ1n) is 4.54. The van der Waals surface area contributed by atoms with Gasteiger partial charge >= 0.3 is 5.97 Å². The Labute approximate surface area is 109 Å². The van der Waals surface area contributed by atoms with E-state index in [0.717, 1.165) is 5.56 Å². The zero-order valence-electron chi connectivity index (χ0n) is 9.96. The van der Waals surface area contributed by atoms with Crippen LogP contribution in [0.25, 0.3) is 0 Å². The number of hydrogen-bond donors (Lipinski definition) is 1. The molecule has 1 N–H and O–H groups in total. The summed E-state index contributed by atoms with van der Waals surface area (Å²) < 4.78 is 12.1. The molecule has 2 nitrogen and oxygen atoms in total. The SMILES string of the molecule is CC(C)(C)C(=O)O.[CH2-]c1ccc(F)cc1.[Zn]. The predicted octanol–water partition coefficient (Wildman–Crippen LogP) is 3.12. The van der Waals surface area contributed by atoms with E-state index in [1.807, 2.05) is 0 Å². The minimum Gasteiger partial charge on any atom is -0.481 e. The molecule has 0 unspecified atom stereocenters. The maximum atomic E-state index is 12.1. The molecule has 0 spiro atoms. The molecule has 0 amide bonds. The Bertz CT molecular complexity index is 294. The first-order valence-corrected chi connectivity index (χ1v) is 4.54. The van der Waals surface area contributed by atoms with Crippen LogP contribution in [0.15, 0.2) is 24.3 Å². The number of benzene rings is 1. The molecular weight excluding hydrogens is 261 g/mol. The summed E-state index contributed by atoms with van der Waals surface area (Å²) in [7, 11) is 0. The third-order valence-corrected chi connectivity index (χ3v) is 1.55. The molecule has 16 heavy (non-hydrogen) atoms. The number of rotatable bonds is 0. The number of carbonyl (C=O) groups is 1. The van der Waals surface area contributed by atoms with Crippen molar-refractivity contribution in [3.05, 3.63) is 42.6 Å². The van der Waals surface area contributed by atoms with E-state index in [-0.39, 0.29) is 25.3 Å². The summed E-state index contributed by atoms with van der Waals surface area (Å²) >= 11 is 0. The van der Waals surface area contributed by atoms with E-state index < -0.39 is 11.4 Å². The van der Waals surface area contributed by atoms with Crippen LogP contribution in [0.5, 0.6) is 0 Å². The molecule has 4 heteroatoms. The normalized spacial score (nSPS) is 9.50. The van der Waals surface area contributed by atoms with Crippen LogP contribution in [-0.2, 0) is 24.3 Å². The quantitative estimate of drug-likeness (QED) is 0.584. The van der Waals surface area contributed by atoms with E-state index in [0.29, 0.717) is 0 Å². The Kier molecular flexibility index (Phi) is 8.09. The van der Waals surface area contributed by atoms with Crippen molar-refractivity contribution in [1.82, 2.24) is 0 Å². The van der Waals surface area contributed by atoms with Crippen LogP contribution in [-0.4, -0.2) is 11.1 Å². The van der Waals surface area contributed by atoms with Crippen molar-refractivity contribution in [1.29, 1.82) is 0 Å². The standard InChI is InChI=1S/C7H6F.C5H10O2.Zn/c1-6-2-4-7(8)5-3-6;1-5(2,3)4(6)7;/h2-5H,1H2;1-3H3,(H,6,7);/q-1;;. The average molecular weight is 277 g/mol. The van der Waals surface area contributed by atoms with Gasteiger partial charge in [-0.15, -0.1) is 0 Å². The van der Waals surface area contributed by atoms with Crippen LogP contribution in [0.1, 0.15) is 26.3 Å². The van der Waals surface area contributed by atoms with E-state index in [4.69, 9.17) is 5.11 Å². The molecule has 0 saturated carbocycles. The van der Waals surface area contributed by atoms with Gasteiger partial charge in [-0.25, -0.2) is 4.39 Å². The van der Waals surface area contributed by atoms with Gasteiger partial charge in [0.15, 0.2) is 0 Å². The maximum Gasteiger partial charge on any atom is 0.308 e. The number of carboxylic acids is 1. The zero-order chi connectivity index (χ0) is 12.1. The summed E-state index contributed by atoms with van der Waals surface area (Å²) in [5.74, 6) is -0.968. The number of aliphatic carboxylic acids is 1. The van der Waals surface area contributed by atoms with Crippen molar-refractivity contribution < 1.29 is 33.8 Å². The van der Waals surface area contributed by atoms with Gasteiger partial charge in [0.05, 0.1) is 11.2 Å². The Balaban J connectivity index is 0. The van der Waals surface area contributed by atoms with Crippen LogP contribution in [0.2, 0.25) is 0 Å². The fourth-order valence-electron chi connectivity index (χ4n) is 0.484. The maximum absolute atomic E-state index is 12.1. The summed E-state index contributed by atoms with van der Waals surface area (Å²) in [5.41, 5.74) is 0.256. The van der Waals surface area contributed by atoms with Crippen molar-refractivity contribution in [2.45, 2.75) is 20.8 Å². The number of halogens is 1. The Hall–Kier alpha value is -0.887. The molecule has 0 bridgehead atoms. The minimum atomic E-state index is -0.757. The van der Waals surface area contributed by atoms with Crippen molar-refractivity contribution in [3.8, 4) is 0 Å². The largest absolute Gasteiger partial charge is 0.481 e. The molecule has 1 rings (SSSR count). The first kappa shape index (κ1) is 17.5. The Morgan fingerprint density at radius 3 is 1.75 bits per heavy atom. The molecule has 86 valence electrons. The van der Waals surface area contributed by atoms with Crippen LogP contribution in [0, 0.1) is 18.2 Å². The van der Waals surface area contributed by atoms with Crippen molar-refractivity contribution in [2.75, 3.05) is 0 Å². The molecule has 0 aliphatic rings. The number of hydrogen-bond acceptors (Lipinski definition) is 1. The second-order valence-electron chi connectivity index (χ2n) is 4.18. The van der Waals surface area contributed by atoms with Crippen LogP contribution in [0.4, 0.5) is 4.39 Å². The van der Waals surface area contributed by atoms with Crippen molar-refractivity contribution >= 4 is 5.97 Å². The summed E-state index contributed by atoms with van der Waals surface area (Å²) in [6.07, 6.45) is 0. The molecule has 0 aliphatic carbocycles. The molecular formula is C12H16FO2Zn-. The van der Waals surface area contributed by atoms with Gasteiger partial charge < -0.3 is 5.11 Å². The van der Waals surface area contributed by atoms with Crippen molar-refractivity contribution in [3.63, 3.8) is 0 Å². The van der Waals surface area contributed by atoms with E-state index >= 15 is 0 Å². The fourth-order valence-corrected chi connectivity index (χ4v) is 0.484. The molecule has 0 radical (unpaired) electrons. The van der Waals surface area contributed by atoms with Crippen molar-refractivity contribution in [2.24, 2.45) is 5.41 Å². The van der Waals surface area contributed by atoms with Gasteiger partial charge in [0.25, 0.3) is 0 Å². The Morgan fingerprint density at radius 2 is 1.56 bits per heavy atom. The topological polar surface area (TPSA) is 37.3 Å². The second kappa shape index (κ2) is 7.40. The molecule has 0 aliphatic heterocycles. The van der Waals surface area contributed by atoms with E-state index in [9.17, 15) is 9.18 Å². The smallest absolute Gasteiger partial charge is 0.308 e. The van der Waals surface area contributed by atoms with Gasteiger partial charge in [0.2, 0.25) is 0 Å². The van der Waals surface area contributed by atoms with E-state index in [1.165, 1.54) is 12.1 Å². The average Bonchev–Trinajstić information content (AvgIpc) is 2.09. The monoisotopic (exact) mass is 275 g/mol. The third-order valence-electron chi connectivity index (χ3n) is 1.55. The minimum absolute atomic E-state index is 0. The molecule has 1 aromatic rings. The molecule has 0 fully saturated rings. The summed E-state index contributed by atoms with van der Waals surface area (Å²) in [5, 5.41) is 8.25. The molecule has 0 heterocycles. The summed E-state index contributed by atoms with van der Waals surface area (Å²) in [4.78, 5) is 10.0.